The number of aliphatic carboxylic acids is 1. The second-order valence-corrected chi connectivity index (χ2v) is 5.32. The SMILES string of the molecule is [2H]C([2H])(N=CN)C([2H])([2H])SC1=C(C(=O)O)N2C(=O)[C@H]([C@@H](C)O)C2C1. The normalized spacial score (nSPS) is 31.3. The number of carboxylic acids is 1. The van der Waals surface area contributed by atoms with Crippen LogP contribution in [-0.4, -0.2) is 57.7 Å². The van der Waals surface area contributed by atoms with Crippen molar-refractivity contribution in [3.63, 3.8) is 0 Å². The number of carbonyl (C=O) groups is 2. The van der Waals surface area contributed by atoms with Crippen LogP contribution in [0.15, 0.2) is 15.6 Å². The number of aliphatic imine (C=N–C) groups is 1. The number of amides is 1. The van der Waals surface area contributed by atoms with E-state index in [0.29, 0.717) is 18.1 Å². The molecule has 0 spiro atoms. The maximum Gasteiger partial charge on any atom is 0.353 e. The van der Waals surface area contributed by atoms with Gasteiger partial charge in [0.05, 0.1) is 33.6 Å². The summed E-state index contributed by atoms with van der Waals surface area (Å²) in [6.45, 7) is -1.26. The molecule has 0 bridgehead atoms. The molecule has 2 heterocycles. The Morgan fingerprint density at radius 2 is 2.50 bits per heavy atom. The first-order valence-electron chi connectivity index (χ1n) is 7.86. The van der Waals surface area contributed by atoms with E-state index in [0.717, 1.165) is 4.90 Å². The Morgan fingerprint density at radius 3 is 3.05 bits per heavy atom. The lowest BCUT2D eigenvalue weighted by molar-refractivity contribution is -0.161. The number of hydrogen-bond donors (Lipinski definition) is 3. The summed E-state index contributed by atoms with van der Waals surface area (Å²) < 4.78 is 31.0. The quantitative estimate of drug-likeness (QED) is 0.350. The van der Waals surface area contributed by atoms with E-state index in [1.165, 1.54) is 6.92 Å². The average molecular weight is 303 g/mol. The fourth-order valence-electron chi connectivity index (χ4n) is 2.47. The zero-order valence-electron chi connectivity index (χ0n) is 14.6. The Balaban J connectivity index is 2.33. The monoisotopic (exact) mass is 303 g/mol. The third kappa shape index (κ3) is 2.40. The van der Waals surface area contributed by atoms with Crippen molar-refractivity contribution in [1.82, 2.24) is 4.90 Å². The van der Waals surface area contributed by atoms with Crippen molar-refractivity contribution in [2.45, 2.75) is 25.5 Å². The summed E-state index contributed by atoms with van der Waals surface area (Å²) in [6, 6.07) is -0.564. The van der Waals surface area contributed by atoms with Gasteiger partial charge in [0.15, 0.2) is 0 Å². The summed E-state index contributed by atoms with van der Waals surface area (Å²) in [5, 5.41) is 19.0. The van der Waals surface area contributed by atoms with Gasteiger partial charge in [0, 0.05) is 19.8 Å². The smallest absolute Gasteiger partial charge is 0.353 e. The maximum absolute atomic E-state index is 12.1. The van der Waals surface area contributed by atoms with Crippen LogP contribution in [0.5, 0.6) is 0 Å². The largest absolute Gasteiger partial charge is 0.477 e. The number of fused-ring (bicyclic) bond motifs is 1. The molecule has 0 aliphatic carbocycles. The number of aliphatic hydroxyl groups is 1. The summed E-state index contributed by atoms with van der Waals surface area (Å²) in [5.74, 6) is -2.69. The number of carboxylic acid groups (broad SMARTS) is 1. The van der Waals surface area contributed by atoms with Gasteiger partial charge >= 0.3 is 5.97 Å². The molecule has 2 aliphatic rings. The lowest BCUT2D eigenvalue weighted by Gasteiger charge is -2.44. The van der Waals surface area contributed by atoms with E-state index in [-0.39, 0.29) is 17.0 Å². The molecule has 1 saturated heterocycles. The van der Waals surface area contributed by atoms with Crippen molar-refractivity contribution in [3.8, 4) is 0 Å². The molecule has 1 amide bonds. The molecule has 110 valence electrons. The Labute approximate surface area is 126 Å². The third-order valence-corrected chi connectivity index (χ3v) is 4.05. The van der Waals surface area contributed by atoms with Crippen LogP contribution in [0.25, 0.3) is 0 Å². The second-order valence-electron chi connectivity index (χ2n) is 4.42. The zero-order chi connectivity index (χ0) is 18.4. The highest BCUT2D eigenvalue weighted by atomic mass is 32.2. The maximum atomic E-state index is 12.1. The molecule has 0 radical (unpaired) electrons. The van der Waals surface area contributed by atoms with Crippen molar-refractivity contribution in [2.75, 3.05) is 12.2 Å². The molecule has 1 fully saturated rings. The van der Waals surface area contributed by atoms with Gasteiger partial charge in [-0.25, -0.2) is 4.79 Å². The average Bonchev–Trinajstić information content (AvgIpc) is 2.71. The lowest BCUT2D eigenvalue weighted by Crippen LogP contribution is -2.61. The van der Waals surface area contributed by atoms with Crippen LogP contribution >= 0.6 is 11.8 Å². The Hall–Kier alpha value is -1.54. The molecule has 0 aromatic carbocycles. The van der Waals surface area contributed by atoms with E-state index in [9.17, 15) is 19.8 Å². The van der Waals surface area contributed by atoms with E-state index in [1.807, 2.05) is 0 Å². The van der Waals surface area contributed by atoms with Crippen molar-refractivity contribution in [3.05, 3.63) is 10.6 Å². The third-order valence-electron chi connectivity index (χ3n) is 3.25. The summed E-state index contributed by atoms with van der Waals surface area (Å²) in [5.41, 5.74) is 2.05. The van der Waals surface area contributed by atoms with E-state index in [1.54, 1.807) is 0 Å². The topological polar surface area (TPSA) is 116 Å². The number of rotatable bonds is 6. The molecule has 20 heavy (non-hydrogen) atoms. The molecule has 0 aromatic rings. The predicted molar refractivity (Wildman–Crippen MR) is 75.1 cm³/mol. The van der Waals surface area contributed by atoms with Gasteiger partial charge in [-0.15, -0.1) is 11.8 Å². The molecule has 8 heteroatoms. The van der Waals surface area contributed by atoms with E-state index < -0.39 is 42.1 Å². The number of thioether (sulfide) groups is 1. The first kappa shape index (κ1) is 10.2. The van der Waals surface area contributed by atoms with Crippen molar-refractivity contribution in [2.24, 2.45) is 16.6 Å². The van der Waals surface area contributed by atoms with Crippen molar-refractivity contribution in [1.29, 1.82) is 0 Å². The van der Waals surface area contributed by atoms with Crippen LogP contribution in [0.2, 0.25) is 0 Å². The van der Waals surface area contributed by atoms with Crippen molar-refractivity contribution >= 4 is 30.0 Å². The van der Waals surface area contributed by atoms with Gasteiger partial charge in [-0.05, 0) is 6.92 Å². The number of hydrogen-bond acceptors (Lipinski definition) is 5. The van der Waals surface area contributed by atoms with Crippen molar-refractivity contribution < 1.29 is 25.3 Å². The minimum Gasteiger partial charge on any atom is -0.477 e. The Bertz CT molecular complexity index is 638. The Kier molecular flexibility index (Phi) is 2.99. The number of aliphatic hydroxyl groups excluding tert-OH is 1. The van der Waals surface area contributed by atoms with Crippen LogP contribution in [0.1, 0.15) is 18.8 Å². The van der Waals surface area contributed by atoms with Crippen LogP contribution in [0.4, 0.5) is 0 Å². The summed E-state index contributed by atoms with van der Waals surface area (Å²) >= 11 is 0.368. The molecule has 0 aromatic heterocycles. The van der Waals surface area contributed by atoms with E-state index in [2.05, 4.69) is 4.99 Å². The van der Waals surface area contributed by atoms with Gasteiger partial charge in [-0.1, -0.05) is 0 Å². The molecule has 2 rings (SSSR count). The van der Waals surface area contributed by atoms with Crippen LogP contribution in [0, 0.1) is 5.92 Å². The molecule has 4 N–H and O–H groups in total. The fourth-order valence-corrected chi connectivity index (χ4v) is 3.23. The number of nitrogens with zero attached hydrogens (tertiary/aromatic N) is 2. The highest BCUT2D eigenvalue weighted by Crippen LogP contribution is 2.46. The molecule has 2 aliphatic heterocycles. The highest BCUT2D eigenvalue weighted by Gasteiger charge is 2.56. The zero-order valence-corrected chi connectivity index (χ0v) is 11.4. The highest BCUT2D eigenvalue weighted by molar-refractivity contribution is 8.03. The van der Waals surface area contributed by atoms with Crippen LogP contribution < -0.4 is 5.73 Å². The number of β-lactam (4-membered cyclic amide) rings is 1. The number of carbonyl (C=O) groups excluding carboxylic acids is 1. The first-order chi connectivity index (χ1) is 10.9. The molecule has 7 nitrogen and oxygen atoms in total. The summed E-state index contributed by atoms with van der Waals surface area (Å²) in [7, 11) is 0. The summed E-state index contributed by atoms with van der Waals surface area (Å²) in [6.07, 6.45) is -0.280. The first-order valence-corrected chi connectivity index (χ1v) is 6.68. The van der Waals surface area contributed by atoms with Gasteiger partial charge < -0.3 is 20.8 Å². The molecular weight excluding hydrogens is 282 g/mol. The van der Waals surface area contributed by atoms with E-state index >= 15 is 0 Å². The number of nitrogens with two attached hydrogens (primary N) is 1. The van der Waals surface area contributed by atoms with Crippen LogP contribution in [-0.2, 0) is 9.59 Å². The van der Waals surface area contributed by atoms with Gasteiger partial charge in [-0.3, -0.25) is 9.79 Å². The summed E-state index contributed by atoms with van der Waals surface area (Å²) in [4.78, 5) is 27.9. The molecule has 1 unspecified atom stereocenters. The fraction of sp³-hybridized carbons (Fsp3) is 0.583. The van der Waals surface area contributed by atoms with Gasteiger partial charge in [-0.2, -0.15) is 0 Å². The van der Waals surface area contributed by atoms with Gasteiger partial charge in [0.1, 0.15) is 5.70 Å². The minimum atomic E-state index is -2.69. The Morgan fingerprint density at radius 1 is 1.80 bits per heavy atom. The second kappa shape index (κ2) is 5.84. The van der Waals surface area contributed by atoms with Gasteiger partial charge in [0.2, 0.25) is 5.91 Å². The minimum absolute atomic E-state index is 0.0325. The molecule has 3 atom stereocenters. The predicted octanol–water partition coefficient (Wildman–Crippen LogP) is -0.386. The molecular formula is C12H17N3O4S. The van der Waals surface area contributed by atoms with Crippen LogP contribution in [0.3, 0.4) is 0 Å². The van der Waals surface area contributed by atoms with Gasteiger partial charge in [0.25, 0.3) is 0 Å². The standard InChI is InChI=1S/C12H17N3O4S/c1-6(16)9-7-4-8(20-3-2-14-5-13)10(12(18)19)15(7)11(9)17/h5-7,9,16H,2-4H2,1H3,(H2,13,14)(H,18,19)/t6-,7?,9-/m1/s1/i2D2,3D2. The molecule has 0 saturated carbocycles. The lowest BCUT2D eigenvalue weighted by atomic mass is 9.83. The van der Waals surface area contributed by atoms with E-state index in [4.69, 9.17) is 11.2 Å².